The smallest absolute Gasteiger partial charge is 0.232 e. The summed E-state index contributed by atoms with van der Waals surface area (Å²) in [5.41, 5.74) is 4.09. The molecule has 1 aromatic heterocycles. The highest BCUT2D eigenvalue weighted by molar-refractivity contribution is 7.11. The van der Waals surface area contributed by atoms with Crippen molar-refractivity contribution in [1.29, 1.82) is 0 Å². The molecule has 0 radical (unpaired) electrons. The van der Waals surface area contributed by atoms with Crippen LogP contribution in [0.25, 0.3) is 6.08 Å². The van der Waals surface area contributed by atoms with Gasteiger partial charge < -0.3 is 4.74 Å². The van der Waals surface area contributed by atoms with Gasteiger partial charge in [0.25, 0.3) is 0 Å². The number of allylic oxidation sites excluding steroid dienone is 1. The maximum atomic E-state index is 12.3. The van der Waals surface area contributed by atoms with E-state index in [0.717, 1.165) is 21.6 Å². The van der Waals surface area contributed by atoms with Crippen LogP contribution in [0.3, 0.4) is 0 Å². The third-order valence-corrected chi connectivity index (χ3v) is 4.41. The van der Waals surface area contributed by atoms with Crippen molar-refractivity contribution in [1.82, 2.24) is 0 Å². The molecule has 0 aliphatic carbocycles. The van der Waals surface area contributed by atoms with E-state index in [-0.39, 0.29) is 5.78 Å². The molecule has 2 heterocycles. The summed E-state index contributed by atoms with van der Waals surface area (Å²) >= 11 is 1.61. The third kappa shape index (κ3) is 2.00. The number of aryl methyl sites for hydroxylation is 3. The van der Waals surface area contributed by atoms with Gasteiger partial charge in [-0.25, -0.2) is 0 Å². The molecule has 2 nitrogen and oxygen atoms in total. The fraction of sp³-hybridized carbons (Fsp3) is 0.188. The summed E-state index contributed by atoms with van der Waals surface area (Å²) in [6, 6.07) is 5.89. The van der Waals surface area contributed by atoms with Gasteiger partial charge in [-0.1, -0.05) is 0 Å². The zero-order chi connectivity index (χ0) is 13.6. The van der Waals surface area contributed by atoms with Crippen LogP contribution in [0, 0.1) is 20.8 Å². The molecule has 0 fully saturated rings. The first-order valence-corrected chi connectivity index (χ1v) is 7.04. The second-order valence-corrected chi connectivity index (χ2v) is 5.79. The molecule has 1 aliphatic heterocycles. The molecule has 19 heavy (non-hydrogen) atoms. The SMILES string of the molecule is Cc1cc2c(cc1C)C(=O)/C(=C/c1sccc1C)O2. The first-order chi connectivity index (χ1) is 9.06. The van der Waals surface area contributed by atoms with Crippen LogP contribution in [-0.4, -0.2) is 5.78 Å². The lowest BCUT2D eigenvalue weighted by Crippen LogP contribution is -1.98. The molecule has 1 aliphatic rings. The lowest BCUT2D eigenvalue weighted by atomic mass is 10.0. The number of carbonyl (C=O) groups is 1. The number of ketones is 1. The normalized spacial score (nSPS) is 15.7. The van der Waals surface area contributed by atoms with Crippen LogP contribution in [0.4, 0.5) is 0 Å². The van der Waals surface area contributed by atoms with Crippen LogP contribution in [0.15, 0.2) is 29.3 Å². The maximum Gasteiger partial charge on any atom is 0.232 e. The first-order valence-electron chi connectivity index (χ1n) is 6.16. The van der Waals surface area contributed by atoms with Gasteiger partial charge in [-0.05, 0) is 61.0 Å². The van der Waals surface area contributed by atoms with Gasteiger partial charge in [0.1, 0.15) is 5.75 Å². The lowest BCUT2D eigenvalue weighted by Gasteiger charge is -2.02. The van der Waals surface area contributed by atoms with E-state index in [0.29, 0.717) is 17.1 Å². The quantitative estimate of drug-likeness (QED) is 0.723. The van der Waals surface area contributed by atoms with Gasteiger partial charge in [-0.2, -0.15) is 0 Å². The molecular formula is C16H14O2S. The fourth-order valence-corrected chi connectivity index (χ4v) is 2.94. The number of benzene rings is 1. The first kappa shape index (κ1) is 12.2. The minimum Gasteiger partial charge on any atom is -0.452 e. The van der Waals surface area contributed by atoms with Crippen molar-refractivity contribution in [2.75, 3.05) is 0 Å². The third-order valence-electron chi connectivity index (χ3n) is 3.45. The van der Waals surface area contributed by atoms with Gasteiger partial charge in [-0.3, -0.25) is 4.79 Å². The number of hydrogen-bond acceptors (Lipinski definition) is 3. The van der Waals surface area contributed by atoms with E-state index < -0.39 is 0 Å². The van der Waals surface area contributed by atoms with E-state index in [1.54, 1.807) is 11.3 Å². The molecule has 3 rings (SSSR count). The molecule has 0 saturated heterocycles. The summed E-state index contributed by atoms with van der Waals surface area (Å²) in [5, 5.41) is 2.02. The molecule has 0 unspecified atom stereocenters. The highest BCUT2D eigenvalue weighted by atomic mass is 32.1. The Morgan fingerprint density at radius 1 is 1.11 bits per heavy atom. The zero-order valence-electron chi connectivity index (χ0n) is 11.1. The van der Waals surface area contributed by atoms with E-state index in [9.17, 15) is 4.79 Å². The number of rotatable bonds is 1. The van der Waals surface area contributed by atoms with Crippen LogP contribution < -0.4 is 4.74 Å². The highest BCUT2D eigenvalue weighted by Gasteiger charge is 2.28. The Bertz CT molecular complexity index is 708. The van der Waals surface area contributed by atoms with Crippen LogP contribution >= 0.6 is 11.3 Å². The standard InChI is InChI=1S/C16H14O2S/c1-9-4-5-19-15(9)8-14-16(17)12-6-10(2)11(3)7-13(12)18-14/h4-8H,1-3H3/b14-8-. The topological polar surface area (TPSA) is 26.3 Å². The number of ether oxygens (including phenoxy) is 1. The van der Waals surface area contributed by atoms with Crippen LogP contribution in [0.2, 0.25) is 0 Å². The number of hydrogen-bond donors (Lipinski definition) is 0. The van der Waals surface area contributed by atoms with Gasteiger partial charge >= 0.3 is 0 Å². The van der Waals surface area contributed by atoms with E-state index >= 15 is 0 Å². The molecule has 2 aromatic rings. The average molecular weight is 270 g/mol. The monoisotopic (exact) mass is 270 g/mol. The van der Waals surface area contributed by atoms with E-state index in [4.69, 9.17) is 4.74 Å². The van der Waals surface area contributed by atoms with Crippen molar-refractivity contribution in [3.05, 3.63) is 56.5 Å². The molecule has 0 saturated carbocycles. The lowest BCUT2D eigenvalue weighted by molar-refractivity contribution is 0.101. The predicted molar refractivity (Wildman–Crippen MR) is 77.9 cm³/mol. The molecule has 0 N–H and O–H groups in total. The molecular weight excluding hydrogens is 256 g/mol. The molecule has 0 spiro atoms. The Labute approximate surface area is 116 Å². The van der Waals surface area contributed by atoms with Gasteiger partial charge in [-0.15, -0.1) is 11.3 Å². The van der Waals surface area contributed by atoms with Crippen molar-refractivity contribution < 1.29 is 9.53 Å². The van der Waals surface area contributed by atoms with Crippen LogP contribution in [0.5, 0.6) is 5.75 Å². The van der Waals surface area contributed by atoms with E-state index in [1.165, 1.54) is 0 Å². The van der Waals surface area contributed by atoms with Gasteiger partial charge in [0, 0.05) is 11.0 Å². The fourth-order valence-electron chi connectivity index (χ4n) is 2.10. The van der Waals surface area contributed by atoms with Crippen molar-refractivity contribution in [2.24, 2.45) is 0 Å². The molecule has 0 amide bonds. The Morgan fingerprint density at radius 3 is 2.53 bits per heavy atom. The summed E-state index contributed by atoms with van der Waals surface area (Å²) in [4.78, 5) is 13.4. The Hall–Kier alpha value is -1.87. The number of fused-ring (bicyclic) bond motifs is 1. The second-order valence-electron chi connectivity index (χ2n) is 4.84. The minimum atomic E-state index is -0.0223. The summed E-state index contributed by atoms with van der Waals surface area (Å²) in [5.74, 6) is 1.07. The average Bonchev–Trinajstić information content (AvgIpc) is 2.89. The van der Waals surface area contributed by atoms with Gasteiger partial charge in [0.15, 0.2) is 5.76 Å². The minimum absolute atomic E-state index is 0.0223. The van der Waals surface area contributed by atoms with E-state index in [1.807, 2.05) is 50.4 Å². The van der Waals surface area contributed by atoms with Gasteiger partial charge in [0.05, 0.1) is 5.56 Å². The molecule has 1 aromatic carbocycles. The Morgan fingerprint density at radius 2 is 1.84 bits per heavy atom. The van der Waals surface area contributed by atoms with Crippen LogP contribution in [-0.2, 0) is 0 Å². The van der Waals surface area contributed by atoms with Crippen molar-refractivity contribution in [2.45, 2.75) is 20.8 Å². The predicted octanol–water partition coefficient (Wildman–Crippen LogP) is 4.29. The summed E-state index contributed by atoms with van der Waals surface area (Å²) in [6.45, 7) is 6.06. The summed E-state index contributed by atoms with van der Waals surface area (Å²) in [6.07, 6.45) is 1.84. The van der Waals surface area contributed by atoms with Gasteiger partial charge in [0.2, 0.25) is 5.78 Å². The molecule has 0 atom stereocenters. The number of carbonyl (C=O) groups excluding carboxylic acids is 1. The van der Waals surface area contributed by atoms with Crippen molar-refractivity contribution >= 4 is 23.2 Å². The molecule has 0 bridgehead atoms. The van der Waals surface area contributed by atoms with Crippen molar-refractivity contribution in [3.8, 4) is 5.75 Å². The van der Waals surface area contributed by atoms with E-state index in [2.05, 4.69) is 0 Å². The number of thiophene rings is 1. The van der Waals surface area contributed by atoms with Crippen molar-refractivity contribution in [3.63, 3.8) is 0 Å². The Kier molecular flexibility index (Phi) is 2.79. The van der Waals surface area contributed by atoms with Crippen LogP contribution in [0.1, 0.15) is 31.9 Å². The highest BCUT2D eigenvalue weighted by Crippen LogP contribution is 2.34. The maximum absolute atomic E-state index is 12.3. The largest absolute Gasteiger partial charge is 0.452 e. The second kappa shape index (κ2) is 4.35. The summed E-state index contributed by atoms with van der Waals surface area (Å²) in [7, 11) is 0. The molecule has 3 heteroatoms. The molecule has 96 valence electrons. The summed E-state index contributed by atoms with van der Waals surface area (Å²) < 4.78 is 5.70. The number of Topliss-reactive ketones (excluding diaryl/α,β-unsaturated/α-hetero) is 1. The zero-order valence-corrected chi connectivity index (χ0v) is 11.9. The Balaban J connectivity index is 2.04.